The maximum Gasteiger partial charge on any atom is 0.138 e. The number of hydrogen-bond acceptors (Lipinski definition) is 4. The molecule has 0 radical (unpaired) electrons. The minimum absolute atomic E-state index is 0.140. The largest absolute Gasteiger partial charge is 0.386 e. The van der Waals surface area contributed by atoms with Crippen LogP contribution in [0.5, 0.6) is 0 Å². The van der Waals surface area contributed by atoms with Gasteiger partial charge in [-0.15, -0.1) is 0 Å². The topological polar surface area (TPSA) is 58.0 Å². The summed E-state index contributed by atoms with van der Waals surface area (Å²) in [4.78, 5) is 8.38. The van der Waals surface area contributed by atoms with Gasteiger partial charge in [-0.1, -0.05) is 36.7 Å². The van der Waals surface area contributed by atoms with E-state index in [0.29, 0.717) is 23.2 Å². The van der Waals surface area contributed by atoms with E-state index in [1.54, 1.807) is 25.1 Å². The van der Waals surface area contributed by atoms with Crippen LogP contribution in [0.25, 0.3) is 0 Å². The van der Waals surface area contributed by atoms with Crippen molar-refractivity contribution in [2.24, 2.45) is 0 Å². The molecule has 21 heavy (non-hydrogen) atoms. The number of nitrogens with one attached hydrogen (secondary N) is 1. The van der Waals surface area contributed by atoms with Crippen LogP contribution in [0.1, 0.15) is 30.0 Å². The molecule has 0 spiro atoms. The van der Waals surface area contributed by atoms with E-state index in [4.69, 9.17) is 11.6 Å². The number of benzene rings is 1. The molecule has 0 amide bonds. The lowest BCUT2D eigenvalue weighted by Crippen LogP contribution is -2.16. The summed E-state index contributed by atoms with van der Waals surface area (Å²) in [6.07, 6.45) is -0.304. The van der Waals surface area contributed by atoms with Gasteiger partial charge in [-0.2, -0.15) is 0 Å². The van der Waals surface area contributed by atoms with Crippen molar-refractivity contribution in [1.29, 1.82) is 0 Å². The Labute approximate surface area is 128 Å². The van der Waals surface area contributed by atoms with Crippen LogP contribution >= 0.6 is 11.6 Å². The number of nitrogens with zero attached hydrogens (tertiary/aromatic N) is 2. The second-order valence-corrected chi connectivity index (χ2v) is 5.02. The lowest BCUT2D eigenvalue weighted by Gasteiger charge is -2.16. The van der Waals surface area contributed by atoms with Crippen LogP contribution in [0.2, 0.25) is 5.15 Å². The SMILES string of the molecule is CCc1c(Cl)nc(C)nc1NCC(O)c1ccccc1F. The molecule has 0 saturated carbocycles. The van der Waals surface area contributed by atoms with Gasteiger partial charge in [0.05, 0.1) is 6.10 Å². The van der Waals surface area contributed by atoms with Gasteiger partial charge in [0.1, 0.15) is 22.6 Å². The molecular formula is C15H17ClFN3O. The molecule has 1 heterocycles. The van der Waals surface area contributed by atoms with Crippen LogP contribution < -0.4 is 5.32 Å². The summed E-state index contributed by atoms with van der Waals surface area (Å²) in [5, 5.41) is 13.5. The molecule has 1 aromatic heterocycles. The zero-order valence-electron chi connectivity index (χ0n) is 11.9. The molecule has 6 heteroatoms. The van der Waals surface area contributed by atoms with Crippen molar-refractivity contribution in [3.05, 3.63) is 52.2 Å². The summed E-state index contributed by atoms with van der Waals surface area (Å²) in [5.74, 6) is 0.685. The van der Waals surface area contributed by atoms with E-state index < -0.39 is 11.9 Å². The van der Waals surface area contributed by atoms with E-state index in [1.807, 2.05) is 6.92 Å². The maximum atomic E-state index is 13.6. The van der Waals surface area contributed by atoms with E-state index in [0.717, 1.165) is 5.56 Å². The number of halogens is 2. The molecule has 0 aliphatic carbocycles. The van der Waals surface area contributed by atoms with Crippen molar-refractivity contribution in [3.63, 3.8) is 0 Å². The van der Waals surface area contributed by atoms with Gasteiger partial charge in [-0.3, -0.25) is 0 Å². The fourth-order valence-electron chi connectivity index (χ4n) is 2.07. The average molecular weight is 310 g/mol. The van der Waals surface area contributed by atoms with Gasteiger partial charge < -0.3 is 10.4 Å². The van der Waals surface area contributed by atoms with Crippen molar-refractivity contribution in [1.82, 2.24) is 9.97 Å². The second kappa shape index (κ2) is 6.83. The van der Waals surface area contributed by atoms with Gasteiger partial charge >= 0.3 is 0 Å². The van der Waals surface area contributed by atoms with Crippen LogP contribution in [-0.2, 0) is 6.42 Å². The number of anilines is 1. The van der Waals surface area contributed by atoms with Crippen LogP contribution in [0.15, 0.2) is 24.3 Å². The number of aliphatic hydroxyl groups is 1. The van der Waals surface area contributed by atoms with E-state index in [-0.39, 0.29) is 12.1 Å². The Hall–Kier alpha value is -1.72. The number of aliphatic hydroxyl groups excluding tert-OH is 1. The fourth-order valence-corrected chi connectivity index (χ4v) is 2.42. The van der Waals surface area contributed by atoms with E-state index in [1.165, 1.54) is 6.07 Å². The monoisotopic (exact) mass is 309 g/mol. The number of aryl methyl sites for hydroxylation is 1. The molecule has 0 fully saturated rings. The lowest BCUT2D eigenvalue weighted by molar-refractivity contribution is 0.186. The molecule has 2 aromatic rings. The molecule has 0 saturated heterocycles. The van der Waals surface area contributed by atoms with Crippen molar-refractivity contribution in [2.45, 2.75) is 26.4 Å². The predicted molar refractivity (Wildman–Crippen MR) is 81.0 cm³/mol. The molecule has 0 aliphatic heterocycles. The third-order valence-corrected chi connectivity index (χ3v) is 3.46. The van der Waals surface area contributed by atoms with Crippen molar-refractivity contribution in [2.75, 3.05) is 11.9 Å². The lowest BCUT2D eigenvalue weighted by atomic mass is 10.1. The summed E-state index contributed by atoms with van der Waals surface area (Å²) in [5.41, 5.74) is 1.03. The summed E-state index contributed by atoms with van der Waals surface area (Å²) < 4.78 is 13.6. The Morgan fingerprint density at radius 3 is 2.71 bits per heavy atom. The molecular weight excluding hydrogens is 293 g/mol. The highest BCUT2D eigenvalue weighted by atomic mass is 35.5. The maximum absolute atomic E-state index is 13.6. The Kier molecular flexibility index (Phi) is 5.09. The van der Waals surface area contributed by atoms with Crippen molar-refractivity contribution < 1.29 is 9.50 Å². The van der Waals surface area contributed by atoms with Gasteiger partial charge in [0.2, 0.25) is 0 Å². The molecule has 1 atom stereocenters. The Balaban J connectivity index is 2.15. The molecule has 1 aromatic carbocycles. The van der Waals surface area contributed by atoms with Crippen LogP contribution in [0.4, 0.5) is 10.2 Å². The van der Waals surface area contributed by atoms with Gasteiger partial charge in [-0.25, -0.2) is 14.4 Å². The molecule has 4 nitrogen and oxygen atoms in total. The minimum Gasteiger partial charge on any atom is -0.386 e. The molecule has 2 N–H and O–H groups in total. The first-order chi connectivity index (χ1) is 10.0. The van der Waals surface area contributed by atoms with E-state index in [2.05, 4.69) is 15.3 Å². The summed E-state index contributed by atoms with van der Waals surface area (Å²) >= 11 is 6.08. The fraction of sp³-hybridized carbons (Fsp3) is 0.333. The number of aromatic nitrogens is 2. The Morgan fingerprint density at radius 1 is 1.33 bits per heavy atom. The van der Waals surface area contributed by atoms with Gasteiger partial charge in [0.25, 0.3) is 0 Å². The smallest absolute Gasteiger partial charge is 0.138 e. The quantitative estimate of drug-likeness (QED) is 0.832. The first-order valence-electron chi connectivity index (χ1n) is 6.72. The highest BCUT2D eigenvalue weighted by Crippen LogP contribution is 2.23. The van der Waals surface area contributed by atoms with Gasteiger partial charge in [0.15, 0.2) is 0 Å². The molecule has 1 unspecified atom stereocenters. The summed E-state index contributed by atoms with van der Waals surface area (Å²) in [7, 11) is 0. The van der Waals surface area contributed by atoms with Crippen LogP contribution in [0, 0.1) is 12.7 Å². The molecule has 2 rings (SSSR count). The Morgan fingerprint density at radius 2 is 2.05 bits per heavy atom. The summed E-state index contributed by atoms with van der Waals surface area (Å²) in [6, 6.07) is 6.15. The third-order valence-electron chi connectivity index (χ3n) is 3.15. The molecule has 0 aliphatic rings. The highest BCUT2D eigenvalue weighted by Gasteiger charge is 2.15. The number of hydrogen-bond donors (Lipinski definition) is 2. The first kappa shape index (κ1) is 15.7. The predicted octanol–water partition coefficient (Wildman–Crippen LogP) is 3.29. The first-order valence-corrected chi connectivity index (χ1v) is 7.10. The zero-order chi connectivity index (χ0) is 15.4. The second-order valence-electron chi connectivity index (χ2n) is 4.66. The third kappa shape index (κ3) is 3.68. The summed E-state index contributed by atoms with van der Waals surface area (Å²) in [6.45, 7) is 3.82. The average Bonchev–Trinajstić information content (AvgIpc) is 2.44. The highest BCUT2D eigenvalue weighted by molar-refractivity contribution is 6.30. The minimum atomic E-state index is -0.968. The van der Waals surface area contributed by atoms with E-state index in [9.17, 15) is 9.50 Å². The van der Waals surface area contributed by atoms with Crippen LogP contribution in [-0.4, -0.2) is 21.6 Å². The molecule has 112 valence electrons. The molecule has 0 bridgehead atoms. The normalized spacial score (nSPS) is 12.2. The Bertz CT molecular complexity index is 636. The standard InChI is InChI=1S/C15H17ClFN3O/c1-3-10-14(16)19-9(2)20-15(10)18-8-13(21)11-6-4-5-7-12(11)17/h4-7,13,21H,3,8H2,1-2H3,(H,18,19,20). The van der Waals surface area contributed by atoms with Crippen molar-refractivity contribution >= 4 is 17.4 Å². The van der Waals surface area contributed by atoms with Gasteiger partial charge in [-0.05, 0) is 19.4 Å². The number of rotatable bonds is 5. The van der Waals surface area contributed by atoms with E-state index >= 15 is 0 Å². The zero-order valence-corrected chi connectivity index (χ0v) is 12.7. The van der Waals surface area contributed by atoms with Crippen molar-refractivity contribution in [3.8, 4) is 0 Å². The van der Waals surface area contributed by atoms with Gasteiger partial charge in [0, 0.05) is 17.7 Å². The van der Waals surface area contributed by atoms with Crippen LogP contribution in [0.3, 0.4) is 0 Å².